The molecule has 1 saturated heterocycles. The van der Waals surface area contributed by atoms with Crippen LogP contribution in [0.4, 0.5) is 5.82 Å². The molecule has 0 unspecified atom stereocenters. The molecule has 3 aromatic heterocycles. The number of benzene rings is 1. The van der Waals surface area contributed by atoms with Crippen LogP contribution in [0.5, 0.6) is 0 Å². The first-order valence-electron chi connectivity index (χ1n) is 11.3. The fourth-order valence-electron chi connectivity index (χ4n) is 4.43. The number of hydrogen-bond donors (Lipinski definition) is 2. The molecule has 1 fully saturated rings. The standard InChI is InChI=1S/C24H24BrN4O6P/c25-19-4-1-3-17(13-19)15-28-8-6-18(14-21(28)30)22-20-5-2-7-26-23(20)29(16-35-36(31,32)33)24(22)27-9-11-34-12-10-27/h1-8,13-14H,9-12,15-16H2,(H2,31,32,33). The lowest BCUT2D eigenvalue weighted by Crippen LogP contribution is -2.38. The van der Waals surface area contributed by atoms with Crippen LogP contribution in [0, 0.1) is 0 Å². The van der Waals surface area contributed by atoms with Crippen LogP contribution in [-0.2, 0) is 27.1 Å². The molecule has 10 nitrogen and oxygen atoms in total. The highest BCUT2D eigenvalue weighted by Crippen LogP contribution is 2.42. The predicted molar refractivity (Wildman–Crippen MR) is 139 cm³/mol. The van der Waals surface area contributed by atoms with Crippen molar-refractivity contribution in [1.82, 2.24) is 14.1 Å². The molecule has 0 aliphatic carbocycles. The average molecular weight is 575 g/mol. The topological polar surface area (TPSA) is 119 Å². The van der Waals surface area contributed by atoms with Crippen LogP contribution in [0.3, 0.4) is 0 Å². The van der Waals surface area contributed by atoms with E-state index in [9.17, 15) is 19.1 Å². The number of fused-ring (bicyclic) bond motifs is 1. The maximum atomic E-state index is 13.2. The Morgan fingerprint density at radius 1 is 1.11 bits per heavy atom. The van der Waals surface area contributed by atoms with E-state index in [0.717, 1.165) is 21.0 Å². The highest BCUT2D eigenvalue weighted by Gasteiger charge is 2.27. The molecule has 0 saturated carbocycles. The fourth-order valence-corrected chi connectivity index (χ4v) is 5.15. The summed E-state index contributed by atoms with van der Waals surface area (Å²) in [6, 6.07) is 14.9. The van der Waals surface area contributed by atoms with Crippen molar-refractivity contribution in [3.05, 3.63) is 81.3 Å². The number of aromatic nitrogens is 3. The highest BCUT2D eigenvalue weighted by molar-refractivity contribution is 9.10. The maximum absolute atomic E-state index is 13.2. The highest BCUT2D eigenvalue weighted by atomic mass is 79.9. The smallest absolute Gasteiger partial charge is 0.378 e. The Bertz CT molecular complexity index is 1510. The largest absolute Gasteiger partial charge is 0.471 e. The van der Waals surface area contributed by atoms with Crippen molar-refractivity contribution in [2.24, 2.45) is 0 Å². The number of ether oxygens (including phenoxy) is 1. The zero-order chi connectivity index (χ0) is 25.3. The summed E-state index contributed by atoms with van der Waals surface area (Å²) in [5, 5.41) is 0.748. The predicted octanol–water partition coefficient (Wildman–Crippen LogP) is 3.58. The van der Waals surface area contributed by atoms with Crippen LogP contribution >= 0.6 is 23.8 Å². The molecule has 0 radical (unpaired) electrons. The summed E-state index contributed by atoms with van der Waals surface area (Å²) in [5.74, 6) is 0.671. The number of rotatable bonds is 7. The first-order valence-corrected chi connectivity index (χ1v) is 13.6. The second kappa shape index (κ2) is 10.3. The van der Waals surface area contributed by atoms with E-state index in [1.54, 1.807) is 33.7 Å². The molecule has 12 heteroatoms. The van der Waals surface area contributed by atoms with Crippen molar-refractivity contribution < 1.29 is 23.6 Å². The van der Waals surface area contributed by atoms with Crippen LogP contribution in [0.15, 0.2) is 70.2 Å². The summed E-state index contributed by atoms with van der Waals surface area (Å²) in [4.78, 5) is 38.4. The van der Waals surface area contributed by atoms with Gasteiger partial charge in [0.15, 0.2) is 0 Å². The molecule has 0 amide bonds. The van der Waals surface area contributed by atoms with Gasteiger partial charge in [-0.3, -0.25) is 13.9 Å². The quantitative estimate of drug-likeness (QED) is 0.321. The number of morpholine rings is 1. The molecule has 1 aliphatic rings. The first-order chi connectivity index (χ1) is 17.3. The lowest BCUT2D eigenvalue weighted by atomic mass is 10.1. The zero-order valence-electron chi connectivity index (χ0n) is 19.2. The van der Waals surface area contributed by atoms with E-state index in [-0.39, 0.29) is 5.56 Å². The van der Waals surface area contributed by atoms with Gasteiger partial charge in [0, 0.05) is 47.0 Å². The molecule has 1 aliphatic heterocycles. The van der Waals surface area contributed by atoms with Crippen molar-refractivity contribution in [1.29, 1.82) is 0 Å². The zero-order valence-corrected chi connectivity index (χ0v) is 21.6. The van der Waals surface area contributed by atoms with E-state index in [1.165, 1.54) is 0 Å². The SMILES string of the molecule is O=c1cc(-c2c(N3CCOCC3)n(COP(=O)(O)O)c3ncccc23)ccn1Cc1cccc(Br)c1. The maximum Gasteiger partial charge on any atom is 0.471 e. The van der Waals surface area contributed by atoms with Gasteiger partial charge in [0.25, 0.3) is 5.56 Å². The Labute approximate surface area is 215 Å². The third-order valence-corrected chi connectivity index (χ3v) is 6.93. The molecule has 188 valence electrons. The van der Waals surface area contributed by atoms with E-state index in [1.807, 2.05) is 36.4 Å². The summed E-state index contributed by atoms with van der Waals surface area (Å²) in [6.07, 6.45) is 3.37. The van der Waals surface area contributed by atoms with Crippen LogP contribution < -0.4 is 10.5 Å². The van der Waals surface area contributed by atoms with E-state index < -0.39 is 14.6 Å². The second-order valence-corrected chi connectivity index (χ2v) is 10.5. The van der Waals surface area contributed by atoms with Gasteiger partial charge in [-0.1, -0.05) is 28.1 Å². The molecule has 0 bridgehead atoms. The summed E-state index contributed by atoms with van der Waals surface area (Å²) >= 11 is 3.46. The van der Waals surface area contributed by atoms with Gasteiger partial charge in [-0.2, -0.15) is 0 Å². The van der Waals surface area contributed by atoms with E-state index >= 15 is 0 Å². The van der Waals surface area contributed by atoms with Crippen LogP contribution in [0.2, 0.25) is 0 Å². The number of pyridine rings is 2. The van der Waals surface area contributed by atoms with Gasteiger partial charge in [-0.15, -0.1) is 0 Å². The van der Waals surface area contributed by atoms with Crippen LogP contribution in [0.1, 0.15) is 5.56 Å². The number of phosphoric ester groups is 1. The van der Waals surface area contributed by atoms with Gasteiger partial charge in [0.05, 0.1) is 19.8 Å². The van der Waals surface area contributed by atoms with Crippen molar-refractivity contribution in [2.45, 2.75) is 13.3 Å². The van der Waals surface area contributed by atoms with Crippen LogP contribution in [0.25, 0.3) is 22.2 Å². The fraction of sp³-hybridized carbons (Fsp3) is 0.250. The third-order valence-electron chi connectivity index (χ3n) is 5.98. The molecule has 1 aromatic carbocycles. The molecule has 36 heavy (non-hydrogen) atoms. The van der Waals surface area contributed by atoms with Crippen LogP contribution in [-0.4, -0.2) is 50.2 Å². The first kappa shape index (κ1) is 24.9. The number of phosphoric acid groups is 1. The molecule has 0 spiro atoms. The monoisotopic (exact) mass is 574 g/mol. The number of nitrogens with zero attached hydrogens (tertiary/aromatic N) is 4. The number of anilines is 1. The van der Waals surface area contributed by atoms with E-state index in [2.05, 4.69) is 25.8 Å². The van der Waals surface area contributed by atoms with E-state index in [4.69, 9.17) is 9.26 Å². The van der Waals surface area contributed by atoms with Gasteiger partial charge < -0.3 is 24.0 Å². The normalized spacial score (nSPS) is 14.5. The molecule has 4 aromatic rings. The van der Waals surface area contributed by atoms with E-state index in [0.29, 0.717) is 49.9 Å². The molecule has 5 rings (SSSR count). The second-order valence-electron chi connectivity index (χ2n) is 8.36. The average Bonchev–Trinajstić information content (AvgIpc) is 3.18. The lowest BCUT2D eigenvalue weighted by Gasteiger charge is -2.31. The number of hydrogen-bond acceptors (Lipinski definition) is 6. The van der Waals surface area contributed by atoms with Crippen molar-refractivity contribution in [2.75, 3.05) is 31.2 Å². The summed E-state index contributed by atoms with van der Waals surface area (Å²) in [7, 11) is -4.73. The molecule has 0 atom stereocenters. The van der Waals surface area contributed by atoms with Gasteiger partial charge in [0.1, 0.15) is 18.2 Å². The minimum Gasteiger partial charge on any atom is -0.378 e. The van der Waals surface area contributed by atoms with Gasteiger partial charge >= 0.3 is 7.82 Å². The van der Waals surface area contributed by atoms with Crippen molar-refractivity contribution in [3.63, 3.8) is 0 Å². The Kier molecular flexibility index (Phi) is 7.11. The Morgan fingerprint density at radius 2 is 1.92 bits per heavy atom. The molecular weight excluding hydrogens is 551 g/mol. The Morgan fingerprint density at radius 3 is 2.64 bits per heavy atom. The van der Waals surface area contributed by atoms with Gasteiger partial charge in [0.2, 0.25) is 0 Å². The molecule has 2 N–H and O–H groups in total. The summed E-state index contributed by atoms with van der Waals surface area (Å²) in [6.45, 7) is 2.17. The third kappa shape index (κ3) is 5.31. The Balaban J connectivity index is 1.63. The minimum absolute atomic E-state index is 0.170. The van der Waals surface area contributed by atoms with Gasteiger partial charge in [-0.25, -0.2) is 9.55 Å². The molecular formula is C24H24BrN4O6P. The van der Waals surface area contributed by atoms with Crippen molar-refractivity contribution in [3.8, 4) is 11.1 Å². The minimum atomic E-state index is -4.73. The summed E-state index contributed by atoms with van der Waals surface area (Å²) < 4.78 is 26.1. The molecule has 4 heterocycles. The lowest BCUT2D eigenvalue weighted by molar-refractivity contribution is 0.120. The van der Waals surface area contributed by atoms with Crippen molar-refractivity contribution >= 4 is 40.6 Å². The number of halogens is 1. The van der Waals surface area contributed by atoms with Gasteiger partial charge in [-0.05, 0) is 41.5 Å². The Hall–Kier alpha value is -2.79. The summed E-state index contributed by atoms with van der Waals surface area (Å²) in [5.41, 5.74) is 2.75.